The average Bonchev–Trinajstić information content (AvgIpc) is 2.94. The van der Waals surface area contributed by atoms with Gasteiger partial charge in [0.15, 0.2) is 0 Å². The van der Waals surface area contributed by atoms with Crippen LogP contribution in [-0.2, 0) is 10.3 Å². The lowest BCUT2D eigenvalue weighted by molar-refractivity contribution is -0.132. The standard InChI is InChI=1S/C24H26Cl2N2O2/c1-14(2)21(15(3)23(29)30)28-16(4)27-24(5,18-8-12-20(26)13-9-18)22(28)17-6-10-19(25)11-7-17/h6-14,22H,1-5H3,(H,29,30)/b21-15+. The van der Waals surface area contributed by atoms with Gasteiger partial charge in [-0.3, -0.25) is 4.99 Å². The fraction of sp³-hybridized carbons (Fsp3) is 0.333. The van der Waals surface area contributed by atoms with Crippen LogP contribution < -0.4 is 0 Å². The number of hydrogen-bond acceptors (Lipinski definition) is 3. The summed E-state index contributed by atoms with van der Waals surface area (Å²) in [4.78, 5) is 19.1. The van der Waals surface area contributed by atoms with Gasteiger partial charge < -0.3 is 10.0 Å². The van der Waals surface area contributed by atoms with Crippen molar-refractivity contribution in [3.63, 3.8) is 0 Å². The van der Waals surface area contributed by atoms with E-state index in [1.54, 1.807) is 6.92 Å². The maximum Gasteiger partial charge on any atom is 0.333 e. The van der Waals surface area contributed by atoms with Gasteiger partial charge in [-0.15, -0.1) is 0 Å². The molecule has 0 aromatic heterocycles. The van der Waals surface area contributed by atoms with E-state index in [2.05, 4.69) is 11.8 Å². The van der Waals surface area contributed by atoms with Gasteiger partial charge in [0, 0.05) is 15.7 Å². The second-order valence-electron chi connectivity index (χ2n) is 8.11. The molecule has 0 spiro atoms. The Morgan fingerprint density at radius 2 is 1.57 bits per heavy atom. The van der Waals surface area contributed by atoms with Gasteiger partial charge in [0.05, 0.1) is 11.6 Å². The van der Waals surface area contributed by atoms with Gasteiger partial charge in [0.1, 0.15) is 11.4 Å². The van der Waals surface area contributed by atoms with E-state index in [1.807, 2.05) is 69.3 Å². The van der Waals surface area contributed by atoms with Crippen molar-refractivity contribution in [1.29, 1.82) is 0 Å². The normalized spacial score (nSPS) is 22.2. The molecule has 158 valence electrons. The Bertz CT molecular complexity index is 1010. The molecule has 0 bridgehead atoms. The fourth-order valence-corrected chi connectivity index (χ4v) is 4.58. The summed E-state index contributed by atoms with van der Waals surface area (Å²) < 4.78 is 0. The van der Waals surface area contributed by atoms with Gasteiger partial charge in [-0.1, -0.05) is 61.3 Å². The largest absolute Gasteiger partial charge is 0.478 e. The Labute approximate surface area is 187 Å². The van der Waals surface area contributed by atoms with Crippen LogP contribution in [0.3, 0.4) is 0 Å². The third-order valence-electron chi connectivity index (χ3n) is 5.66. The van der Waals surface area contributed by atoms with Gasteiger partial charge >= 0.3 is 5.97 Å². The van der Waals surface area contributed by atoms with E-state index >= 15 is 0 Å². The van der Waals surface area contributed by atoms with Crippen LogP contribution in [0.25, 0.3) is 0 Å². The summed E-state index contributed by atoms with van der Waals surface area (Å²) in [5.74, 6) is -0.160. The number of rotatable bonds is 5. The van der Waals surface area contributed by atoms with Crippen LogP contribution in [-0.4, -0.2) is 21.8 Å². The average molecular weight is 445 g/mol. The van der Waals surface area contributed by atoms with E-state index in [0.717, 1.165) is 22.7 Å². The zero-order chi connectivity index (χ0) is 22.2. The van der Waals surface area contributed by atoms with Crippen molar-refractivity contribution in [2.24, 2.45) is 10.9 Å². The molecule has 2 atom stereocenters. The summed E-state index contributed by atoms with van der Waals surface area (Å²) in [5.41, 5.74) is 2.44. The molecule has 2 aromatic carbocycles. The van der Waals surface area contributed by atoms with Crippen molar-refractivity contribution in [2.75, 3.05) is 0 Å². The summed E-state index contributed by atoms with van der Waals surface area (Å²) in [6.45, 7) is 9.67. The van der Waals surface area contributed by atoms with E-state index in [-0.39, 0.29) is 12.0 Å². The topological polar surface area (TPSA) is 52.9 Å². The Kier molecular flexibility index (Phi) is 6.30. The summed E-state index contributed by atoms with van der Waals surface area (Å²) >= 11 is 12.3. The first-order chi connectivity index (χ1) is 14.1. The van der Waals surface area contributed by atoms with Crippen molar-refractivity contribution >= 4 is 35.0 Å². The lowest BCUT2D eigenvalue weighted by Gasteiger charge is -2.39. The summed E-state index contributed by atoms with van der Waals surface area (Å²) in [7, 11) is 0. The molecular formula is C24H26Cl2N2O2. The monoisotopic (exact) mass is 444 g/mol. The van der Waals surface area contributed by atoms with E-state index in [4.69, 9.17) is 28.2 Å². The Morgan fingerprint density at radius 1 is 1.07 bits per heavy atom. The first-order valence-electron chi connectivity index (χ1n) is 9.87. The van der Waals surface area contributed by atoms with Gasteiger partial charge in [0.25, 0.3) is 0 Å². The molecule has 6 heteroatoms. The van der Waals surface area contributed by atoms with Crippen molar-refractivity contribution in [3.8, 4) is 0 Å². The Hall–Kier alpha value is -2.30. The maximum absolute atomic E-state index is 11.9. The van der Waals surface area contributed by atoms with Crippen LogP contribution in [0, 0.1) is 5.92 Å². The van der Waals surface area contributed by atoms with Gasteiger partial charge in [0.2, 0.25) is 0 Å². The molecule has 4 nitrogen and oxygen atoms in total. The number of allylic oxidation sites excluding steroid dienone is 1. The molecule has 1 aliphatic rings. The second-order valence-corrected chi connectivity index (χ2v) is 8.98. The van der Waals surface area contributed by atoms with Crippen LogP contribution >= 0.6 is 23.2 Å². The Balaban J connectivity index is 2.27. The number of carbonyl (C=O) groups is 1. The van der Waals surface area contributed by atoms with Gasteiger partial charge in [-0.05, 0) is 62.1 Å². The molecule has 0 amide bonds. The first kappa shape index (κ1) is 22.4. The molecule has 0 saturated carbocycles. The van der Waals surface area contributed by atoms with E-state index in [0.29, 0.717) is 15.6 Å². The maximum atomic E-state index is 11.9. The van der Waals surface area contributed by atoms with Crippen LogP contribution in [0.5, 0.6) is 0 Å². The first-order valence-corrected chi connectivity index (χ1v) is 10.6. The molecule has 1 N–H and O–H groups in total. The highest BCUT2D eigenvalue weighted by Gasteiger charge is 2.48. The minimum absolute atomic E-state index is 0.00591. The third-order valence-corrected chi connectivity index (χ3v) is 6.16. The SMILES string of the molecule is CC1=NC(C)(c2ccc(Cl)cc2)C(c2ccc(Cl)cc2)N1/C(=C(\C)C(=O)O)C(C)C. The highest BCUT2D eigenvalue weighted by atomic mass is 35.5. The third kappa shape index (κ3) is 3.99. The molecule has 0 radical (unpaired) electrons. The number of carboxylic acid groups (broad SMARTS) is 1. The number of aliphatic carboxylic acids is 1. The number of amidine groups is 1. The number of hydrogen-bond donors (Lipinski definition) is 1. The smallest absolute Gasteiger partial charge is 0.333 e. The van der Waals surface area contributed by atoms with Crippen molar-refractivity contribution in [1.82, 2.24) is 4.90 Å². The zero-order valence-electron chi connectivity index (χ0n) is 17.8. The van der Waals surface area contributed by atoms with Crippen LogP contribution in [0.1, 0.15) is 51.8 Å². The molecule has 1 aliphatic heterocycles. The van der Waals surface area contributed by atoms with Crippen LogP contribution in [0.4, 0.5) is 0 Å². The fourth-order valence-electron chi connectivity index (χ4n) is 4.33. The van der Waals surface area contributed by atoms with E-state index in [1.165, 1.54) is 0 Å². The zero-order valence-corrected chi connectivity index (χ0v) is 19.3. The van der Waals surface area contributed by atoms with Crippen molar-refractivity contribution < 1.29 is 9.90 Å². The molecule has 30 heavy (non-hydrogen) atoms. The molecule has 0 saturated heterocycles. The quantitative estimate of drug-likeness (QED) is 0.521. The molecule has 0 fully saturated rings. The lowest BCUT2D eigenvalue weighted by Crippen LogP contribution is -2.38. The highest BCUT2D eigenvalue weighted by molar-refractivity contribution is 6.30. The van der Waals surface area contributed by atoms with Gasteiger partial charge in [-0.2, -0.15) is 0 Å². The highest BCUT2D eigenvalue weighted by Crippen LogP contribution is 2.50. The molecular weight excluding hydrogens is 419 g/mol. The number of aliphatic imine (C=N–C) groups is 1. The van der Waals surface area contributed by atoms with Crippen LogP contribution in [0.2, 0.25) is 10.0 Å². The molecule has 0 aliphatic carbocycles. The molecule has 3 rings (SSSR count). The Morgan fingerprint density at radius 3 is 2.03 bits per heavy atom. The van der Waals surface area contributed by atoms with Crippen LogP contribution in [0.15, 0.2) is 64.8 Å². The predicted molar refractivity (Wildman–Crippen MR) is 123 cm³/mol. The minimum Gasteiger partial charge on any atom is -0.478 e. The molecule has 2 aromatic rings. The molecule has 2 unspecified atom stereocenters. The van der Waals surface area contributed by atoms with Crippen molar-refractivity contribution in [3.05, 3.63) is 81.0 Å². The predicted octanol–water partition coefficient (Wildman–Crippen LogP) is 6.70. The number of nitrogens with zero attached hydrogens (tertiary/aromatic N) is 2. The summed E-state index contributed by atoms with van der Waals surface area (Å²) in [6, 6.07) is 15.1. The summed E-state index contributed by atoms with van der Waals surface area (Å²) in [5, 5.41) is 11.1. The minimum atomic E-state index is -0.929. The van der Waals surface area contributed by atoms with Gasteiger partial charge in [-0.25, -0.2) is 4.79 Å². The lowest BCUT2D eigenvalue weighted by atomic mass is 9.81. The summed E-state index contributed by atoms with van der Waals surface area (Å²) in [6.07, 6.45) is 0. The van der Waals surface area contributed by atoms with E-state index < -0.39 is 11.5 Å². The number of halogens is 2. The second kappa shape index (κ2) is 8.44. The number of benzene rings is 2. The van der Waals surface area contributed by atoms with E-state index in [9.17, 15) is 9.90 Å². The molecule has 1 heterocycles. The number of carboxylic acids is 1. The van der Waals surface area contributed by atoms with Crippen molar-refractivity contribution in [2.45, 2.75) is 46.2 Å².